The monoisotopic (exact) mass is 203 g/mol. The minimum absolute atomic E-state index is 0.0742. The number of ketones is 1. The van der Waals surface area contributed by atoms with Crippen molar-refractivity contribution in [1.29, 1.82) is 0 Å². The van der Waals surface area contributed by atoms with Crippen molar-refractivity contribution in [3.63, 3.8) is 0 Å². The highest BCUT2D eigenvalue weighted by atomic mass is 16.3. The molecule has 2 N–H and O–H groups in total. The van der Waals surface area contributed by atoms with Crippen molar-refractivity contribution >= 4 is 17.3 Å². The third-order valence-corrected chi connectivity index (χ3v) is 2.76. The van der Waals surface area contributed by atoms with Crippen molar-refractivity contribution < 1.29 is 9.90 Å². The van der Waals surface area contributed by atoms with E-state index in [1.54, 1.807) is 18.5 Å². The van der Waals surface area contributed by atoms with Crippen LogP contribution in [-0.4, -0.2) is 34.4 Å². The summed E-state index contributed by atoms with van der Waals surface area (Å²) in [6.07, 6.45) is 2.47. The number of Topliss-reactive ketones (excluding diaryl/α,β-unsaturated/α-hetero) is 1. The van der Waals surface area contributed by atoms with Gasteiger partial charge in [-0.25, -0.2) is 0 Å². The summed E-state index contributed by atoms with van der Waals surface area (Å²) >= 11 is 0. The lowest BCUT2D eigenvalue weighted by molar-refractivity contribution is 0.0831. The predicted octanol–water partition coefficient (Wildman–Crippen LogP) is 0.0790. The Morgan fingerprint density at radius 3 is 3.27 bits per heavy atom. The number of aliphatic hydroxyl groups is 1. The van der Waals surface area contributed by atoms with Crippen molar-refractivity contribution in [2.75, 3.05) is 11.9 Å². The normalized spacial score (nSPS) is 27.8. The predicted molar refractivity (Wildman–Crippen MR) is 54.0 cm³/mol. The number of anilines is 1. The van der Waals surface area contributed by atoms with Gasteiger partial charge >= 0.3 is 0 Å². The summed E-state index contributed by atoms with van der Waals surface area (Å²) in [5.41, 5.74) is 1.25. The molecule has 0 radical (unpaired) electrons. The van der Waals surface area contributed by atoms with Gasteiger partial charge in [0.15, 0.2) is 5.78 Å². The van der Waals surface area contributed by atoms with Crippen LogP contribution in [0.25, 0.3) is 0 Å². The first-order valence-electron chi connectivity index (χ1n) is 4.75. The van der Waals surface area contributed by atoms with Crippen molar-refractivity contribution in [1.82, 2.24) is 4.98 Å². The number of carbonyl (C=O) groups excluding carboxylic acids is 1. The summed E-state index contributed by atoms with van der Waals surface area (Å²) in [6, 6.07) is 1.66. The van der Waals surface area contributed by atoms with Gasteiger partial charge in [-0.3, -0.25) is 14.8 Å². The lowest BCUT2D eigenvalue weighted by Crippen LogP contribution is -2.39. The summed E-state index contributed by atoms with van der Waals surface area (Å²) in [5, 5.41) is 12.7. The lowest BCUT2D eigenvalue weighted by atomic mass is 9.90. The molecular formula is C10H9N3O2. The Kier molecular flexibility index (Phi) is 1.63. The summed E-state index contributed by atoms with van der Waals surface area (Å²) in [7, 11) is 0. The van der Waals surface area contributed by atoms with E-state index < -0.39 is 12.0 Å². The number of aromatic nitrogens is 1. The van der Waals surface area contributed by atoms with Crippen LogP contribution in [0.2, 0.25) is 0 Å². The quantitative estimate of drug-likeness (QED) is 0.626. The number of hydrogen-bond donors (Lipinski definition) is 2. The fraction of sp³-hybridized carbons (Fsp3) is 0.300. The van der Waals surface area contributed by atoms with E-state index >= 15 is 0 Å². The molecule has 0 saturated heterocycles. The number of nitrogens with one attached hydrogen (secondary N) is 1. The molecule has 0 bridgehead atoms. The van der Waals surface area contributed by atoms with Gasteiger partial charge in [-0.05, 0) is 6.07 Å². The number of amidine groups is 1. The van der Waals surface area contributed by atoms with E-state index in [0.717, 1.165) is 0 Å². The number of nitrogens with zero attached hydrogens (tertiary/aromatic N) is 2. The molecule has 2 unspecified atom stereocenters. The molecule has 15 heavy (non-hydrogen) atoms. The Balaban J connectivity index is 2.13. The topological polar surface area (TPSA) is 74.6 Å². The van der Waals surface area contributed by atoms with Gasteiger partial charge < -0.3 is 10.4 Å². The van der Waals surface area contributed by atoms with Crippen LogP contribution in [0.4, 0.5) is 5.69 Å². The number of aliphatic imine (C=N–C) groups is 1. The second-order valence-corrected chi connectivity index (χ2v) is 3.68. The Labute approximate surface area is 85.9 Å². The van der Waals surface area contributed by atoms with Crippen molar-refractivity contribution in [3.8, 4) is 0 Å². The first kappa shape index (κ1) is 8.55. The summed E-state index contributed by atoms with van der Waals surface area (Å²) < 4.78 is 0. The number of aliphatic hydroxyl groups excluding tert-OH is 1. The molecule has 1 aromatic rings. The lowest BCUT2D eigenvalue weighted by Gasteiger charge is -2.23. The van der Waals surface area contributed by atoms with Crippen molar-refractivity contribution in [3.05, 3.63) is 24.0 Å². The van der Waals surface area contributed by atoms with Gasteiger partial charge in [-0.2, -0.15) is 0 Å². The third-order valence-electron chi connectivity index (χ3n) is 2.76. The molecule has 2 aliphatic heterocycles. The zero-order valence-electron chi connectivity index (χ0n) is 7.84. The van der Waals surface area contributed by atoms with E-state index in [4.69, 9.17) is 0 Å². The minimum atomic E-state index is -0.693. The Hall–Kier alpha value is -1.75. The molecule has 3 heterocycles. The fourth-order valence-corrected chi connectivity index (χ4v) is 2.01. The molecule has 2 atom stereocenters. The third kappa shape index (κ3) is 1.10. The maximum Gasteiger partial charge on any atom is 0.178 e. The standard InChI is InChI=1S/C10H9N3O2/c14-7-4-12-10-8(7)9(15)5-1-2-11-3-6(5)13-10/h1-3,7-8,14H,4H2,(H,12,13). The van der Waals surface area contributed by atoms with Gasteiger partial charge in [-0.1, -0.05) is 0 Å². The van der Waals surface area contributed by atoms with Crippen molar-refractivity contribution in [2.45, 2.75) is 6.10 Å². The molecular weight excluding hydrogens is 194 g/mol. The molecule has 0 amide bonds. The number of rotatable bonds is 0. The smallest absolute Gasteiger partial charge is 0.178 e. The molecule has 0 fully saturated rings. The van der Waals surface area contributed by atoms with Gasteiger partial charge in [-0.15, -0.1) is 0 Å². The van der Waals surface area contributed by atoms with Crippen LogP contribution < -0.4 is 5.32 Å². The Morgan fingerprint density at radius 2 is 2.40 bits per heavy atom. The molecule has 0 spiro atoms. The maximum atomic E-state index is 12.0. The second kappa shape index (κ2) is 2.87. The largest absolute Gasteiger partial charge is 0.390 e. The highest BCUT2D eigenvalue weighted by molar-refractivity contribution is 6.23. The highest BCUT2D eigenvalue weighted by Gasteiger charge is 2.40. The summed E-state index contributed by atoms with van der Waals surface area (Å²) in [4.78, 5) is 20.0. The SMILES string of the molecule is O=C1c2ccncc2NC2=NCC(O)C12. The number of pyridine rings is 1. The van der Waals surface area contributed by atoms with Gasteiger partial charge in [0.2, 0.25) is 0 Å². The first-order valence-corrected chi connectivity index (χ1v) is 4.75. The fourth-order valence-electron chi connectivity index (χ4n) is 2.01. The van der Waals surface area contributed by atoms with Crippen LogP contribution in [0, 0.1) is 5.92 Å². The van der Waals surface area contributed by atoms with Gasteiger partial charge in [0.1, 0.15) is 11.8 Å². The van der Waals surface area contributed by atoms with E-state index in [0.29, 0.717) is 23.6 Å². The molecule has 0 aromatic carbocycles. The van der Waals surface area contributed by atoms with Gasteiger partial charge in [0.25, 0.3) is 0 Å². The average molecular weight is 203 g/mol. The number of hydrogen-bond acceptors (Lipinski definition) is 5. The molecule has 5 heteroatoms. The Bertz CT molecular complexity index is 469. The maximum absolute atomic E-state index is 12.0. The second-order valence-electron chi connectivity index (χ2n) is 3.68. The van der Waals surface area contributed by atoms with Gasteiger partial charge in [0.05, 0.1) is 24.5 Å². The number of carbonyl (C=O) groups is 1. The van der Waals surface area contributed by atoms with E-state index in [9.17, 15) is 9.90 Å². The summed E-state index contributed by atoms with van der Waals surface area (Å²) in [5.74, 6) is -0.0252. The van der Waals surface area contributed by atoms with Crippen molar-refractivity contribution in [2.24, 2.45) is 10.9 Å². The summed E-state index contributed by atoms with van der Waals surface area (Å²) in [6.45, 7) is 0.292. The van der Waals surface area contributed by atoms with E-state index in [2.05, 4.69) is 15.3 Å². The highest BCUT2D eigenvalue weighted by Crippen LogP contribution is 2.29. The molecule has 0 saturated carbocycles. The van der Waals surface area contributed by atoms with Gasteiger partial charge in [0, 0.05) is 11.8 Å². The van der Waals surface area contributed by atoms with Crippen LogP contribution in [0.1, 0.15) is 10.4 Å². The van der Waals surface area contributed by atoms with E-state index in [-0.39, 0.29) is 5.78 Å². The zero-order valence-corrected chi connectivity index (χ0v) is 7.84. The number of fused-ring (bicyclic) bond motifs is 2. The molecule has 76 valence electrons. The zero-order chi connectivity index (χ0) is 10.4. The average Bonchev–Trinajstić information content (AvgIpc) is 2.61. The molecule has 5 nitrogen and oxygen atoms in total. The van der Waals surface area contributed by atoms with Crippen LogP contribution >= 0.6 is 0 Å². The minimum Gasteiger partial charge on any atom is -0.390 e. The molecule has 1 aromatic heterocycles. The van der Waals surface area contributed by atoms with E-state index in [1.807, 2.05) is 0 Å². The molecule has 2 aliphatic rings. The van der Waals surface area contributed by atoms with Crippen LogP contribution in [-0.2, 0) is 0 Å². The first-order chi connectivity index (χ1) is 7.27. The molecule has 0 aliphatic carbocycles. The van der Waals surface area contributed by atoms with Crippen LogP contribution in [0.5, 0.6) is 0 Å². The van der Waals surface area contributed by atoms with E-state index in [1.165, 1.54) is 0 Å². The Morgan fingerprint density at radius 1 is 1.53 bits per heavy atom. The van der Waals surface area contributed by atoms with Crippen LogP contribution in [0.3, 0.4) is 0 Å². The molecule has 3 rings (SSSR count). The van der Waals surface area contributed by atoms with Crippen LogP contribution in [0.15, 0.2) is 23.5 Å².